The van der Waals surface area contributed by atoms with Gasteiger partial charge in [-0.25, -0.2) is 12.8 Å². The van der Waals surface area contributed by atoms with Gasteiger partial charge in [0, 0.05) is 34.7 Å². The average Bonchev–Trinajstić information content (AvgIpc) is 2.93. The smallest absolute Gasteiger partial charge is 0.306 e. The van der Waals surface area contributed by atoms with Crippen LogP contribution in [0, 0.1) is 5.82 Å². The van der Waals surface area contributed by atoms with Gasteiger partial charge < -0.3 is 14.7 Å². The first-order valence-electron chi connectivity index (χ1n) is 12.9. The molecule has 1 aliphatic rings. The van der Waals surface area contributed by atoms with Crippen LogP contribution < -0.4 is 0 Å². The minimum Gasteiger partial charge on any atom is -0.481 e. The molecule has 0 saturated carbocycles. The third-order valence-electron chi connectivity index (χ3n) is 7.00. The summed E-state index contributed by atoms with van der Waals surface area (Å²) >= 11 is 12.4. The molecule has 1 heterocycles. The molecule has 3 aromatic carbocycles. The molecule has 4 atom stereocenters. The van der Waals surface area contributed by atoms with Crippen LogP contribution in [0.25, 0.3) is 0 Å². The zero-order valence-electron chi connectivity index (χ0n) is 22.0. The number of carboxylic acids is 1. The van der Waals surface area contributed by atoms with E-state index in [9.17, 15) is 27.5 Å². The third kappa shape index (κ3) is 7.44. The maximum absolute atomic E-state index is 14.4. The van der Waals surface area contributed by atoms with E-state index in [-0.39, 0.29) is 18.7 Å². The number of carbonyl (C=O) groups is 2. The largest absolute Gasteiger partial charge is 0.481 e. The minimum atomic E-state index is -3.16. The van der Waals surface area contributed by atoms with Crippen molar-refractivity contribution in [1.82, 2.24) is 9.21 Å². The Kier molecular flexibility index (Phi) is 10.4. The van der Waals surface area contributed by atoms with E-state index >= 15 is 0 Å². The fourth-order valence-electron chi connectivity index (χ4n) is 5.07. The highest BCUT2D eigenvalue weighted by atomic mass is 35.5. The molecule has 1 saturated heterocycles. The summed E-state index contributed by atoms with van der Waals surface area (Å²) in [5, 5.41) is 10.5. The number of hydrogen-bond donors (Lipinski definition) is 2. The summed E-state index contributed by atoms with van der Waals surface area (Å²) in [4.78, 5) is 27.2. The average molecular weight is 624 g/mol. The number of rotatable bonds is 11. The molecule has 1 aliphatic heterocycles. The molecule has 1 N–H and O–H groups in total. The van der Waals surface area contributed by atoms with Crippen molar-refractivity contribution in [3.63, 3.8) is 0 Å². The first kappa shape index (κ1) is 30.9. The number of nitrogens with zero attached hydrogens (tertiary/aromatic N) is 2. The van der Waals surface area contributed by atoms with Crippen LogP contribution in [-0.2, 0) is 31.8 Å². The topological polar surface area (TPSA) is 104 Å². The molecule has 0 bridgehead atoms. The number of aliphatic carboxylic acids is 1. The number of carboxylic acid groups (broad SMARTS) is 1. The zero-order chi connectivity index (χ0) is 29.7. The fourth-order valence-corrected chi connectivity index (χ4v) is 5.98. The number of ether oxygens (including phenoxy) is 1. The predicted molar refractivity (Wildman–Crippen MR) is 154 cm³/mol. The summed E-state index contributed by atoms with van der Waals surface area (Å²) in [6, 6.07) is 18.0. The Morgan fingerprint density at radius 3 is 2.37 bits per heavy atom. The summed E-state index contributed by atoms with van der Waals surface area (Å²) in [5.41, 5.74) is 1.44. The highest BCUT2D eigenvalue weighted by Gasteiger charge is 2.47. The van der Waals surface area contributed by atoms with Crippen molar-refractivity contribution in [2.45, 2.75) is 50.6 Å². The van der Waals surface area contributed by atoms with E-state index < -0.39 is 59.3 Å². The van der Waals surface area contributed by atoms with Crippen LogP contribution in [0.4, 0.5) is 4.39 Å². The summed E-state index contributed by atoms with van der Waals surface area (Å²) in [6.45, 7) is 1.41. The number of thiol groups is 1. The SMILES string of the molecule is CC[C@@H](CN(Cc1ccccc1F)[SH](=O)=O)N1C(=O)[C@@H](CC(=O)O)O[C@H](c2cccc(Cl)c2)[C@H]1c1ccc(Cl)cc1. The van der Waals surface area contributed by atoms with E-state index in [0.717, 1.165) is 4.31 Å². The van der Waals surface area contributed by atoms with E-state index in [1.165, 1.54) is 23.1 Å². The summed E-state index contributed by atoms with van der Waals surface area (Å²) in [6.07, 6.45) is -2.46. The molecule has 8 nitrogen and oxygen atoms in total. The lowest BCUT2D eigenvalue weighted by Gasteiger charge is -2.48. The van der Waals surface area contributed by atoms with Crippen LogP contribution >= 0.6 is 23.2 Å². The Balaban J connectivity index is 1.81. The van der Waals surface area contributed by atoms with E-state index in [1.54, 1.807) is 61.5 Å². The Morgan fingerprint density at radius 2 is 1.76 bits per heavy atom. The van der Waals surface area contributed by atoms with E-state index in [1.807, 2.05) is 0 Å². The monoisotopic (exact) mass is 622 g/mol. The van der Waals surface area contributed by atoms with E-state index in [4.69, 9.17) is 27.9 Å². The molecule has 12 heteroatoms. The molecule has 41 heavy (non-hydrogen) atoms. The Bertz CT molecular complexity index is 1460. The predicted octanol–water partition coefficient (Wildman–Crippen LogP) is 5.42. The van der Waals surface area contributed by atoms with Crippen LogP contribution in [0.1, 0.15) is 48.6 Å². The van der Waals surface area contributed by atoms with Crippen molar-refractivity contribution in [2.75, 3.05) is 6.54 Å². The molecule has 0 radical (unpaired) electrons. The van der Waals surface area contributed by atoms with Crippen LogP contribution in [0.3, 0.4) is 0 Å². The number of carbonyl (C=O) groups excluding carboxylic acids is 1. The van der Waals surface area contributed by atoms with E-state index in [0.29, 0.717) is 27.6 Å². The Hall–Kier alpha value is -3.02. The first-order valence-corrected chi connectivity index (χ1v) is 14.8. The summed E-state index contributed by atoms with van der Waals surface area (Å²) in [7, 11) is -3.16. The molecule has 0 aromatic heterocycles. The maximum Gasteiger partial charge on any atom is 0.306 e. The molecule has 0 unspecified atom stereocenters. The Morgan fingerprint density at radius 1 is 1.05 bits per heavy atom. The van der Waals surface area contributed by atoms with Gasteiger partial charge in [-0.2, -0.15) is 4.31 Å². The molecule has 4 rings (SSSR count). The van der Waals surface area contributed by atoms with Gasteiger partial charge in [-0.05, 0) is 47.9 Å². The lowest BCUT2D eigenvalue weighted by molar-refractivity contribution is -0.183. The number of halogens is 3. The number of benzene rings is 3. The number of hydrogen-bond acceptors (Lipinski definition) is 5. The van der Waals surface area contributed by atoms with Gasteiger partial charge in [0.15, 0.2) is 0 Å². The highest BCUT2D eigenvalue weighted by molar-refractivity contribution is 7.69. The van der Waals surface area contributed by atoms with Gasteiger partial charge in [-0.15, -0.1) is 0 Å². The normalized spacial score (nSPS) is 20.0. The van der Waals surface area contributed by atoms with Gasteiger partial charge in [0.25, 0.3) is 5.91 Å². The van der Waals surface area contributed by atoms with Crippen LogP contribution in [0.15, 0.2) is 72.8 Å². The lowest BCUT2D eigenvalue weighted by atomic mass is 9.89. The zero-order valence-corrected chi connectivity index (χ0v) is 24.4. The van der Waals surface area contributed by atoms with Crippen molar-refractivity contribution < 1.29 is 32.2 Å². The standard InChI is InChI=1S/C29H29Cl2FN2O6S/c1-2-23(17-33(41(38)39)16-20-6-3-4-9-24(20)32)34-27(18-10-12-21(30)13-11-18)28(19-7-5-8-22(31)14-19)40-25(29(34)37)15-26(35)36/h3-14,23,25,27-28,41H,2,15-17H2,1H3,(H,35,36)/t23-,25+,27+,28+/m0/s1. The quantitative estimate of drug-likeness (QED) is 0.277. The molecule has 3 aromatic rings. The van der Waals surface area contributed by atoms with Crippen molar-refractivity contribution >= 4 is 46.0 Å². The van der Waals surface area contributed by atoms with Gasteiger partial charge in [0.1, 0.15) is 18.0 Å². The van der Waals surface area contributed by atoms with Crippen molar-refractivity contribution in [3.8, 4) is 0 Å². The van der Waals surface area contributed by atoms with Gasteiger partial charge in [0.05, 0.1) is 12.5 Å². The molecular formula is C29H29Cl2FN2O6S. The molecule has 218 valence electrons. The van der Waals surface area contributed by atoms with Crippen LogP contribution in [-0.4, -0.2) is 53.3 Å². The Labute approximate surface area is 249 Å². The summed E-state index contributed by atoms with van der Waals surface area (Å²) in [5.74, 6) is -2.37. The van der Waals surface area contributed by atoms with Crippen molar-refractivity contribution in [1.29, 1.82) is 0 Å². The lowest BCUT2D eigenvalue weighted by Crippen LogP contribution is -2.57. The number of morpholine rings is 1. The van der Waals surface area contributed by atoms with Crippen molar-refractivity contribution in [2.24, 2.45) is 0 Å². The van der Waals surface area contributed by atoms with Gasteiger partial charge in [-0.1, -0.05) is 72.6 Å². The van der Waals surface area contributed by atoms with Crippen LogP contribution in [0.5, 0.6) is 0 Å². The molecular weight excluding hydrogens is 594 g/mol. The maximum atomic E-state index is 14.4. The number of amides is 1. The molecule has 1 amide bonds. The van der Waals surface area contributed by atoms with Gasteiger partial charge in [-0.3, -0.25) is 9.59 Å². The first-order chi connectivity index (χ1) is 19.6. The second kappa shape index (κ2) is 13.8. The molecule has 0 aliphatic carbocycles. The highest BCUT2D eigenvalue weighted by Crippen LogP contribution is 2.44. The van der Waals surface area contributed by atoms with E-state index in [2.05, 4.69) is 0 Å². The minimum absolute atomic E-state index is 0.151. The second-order valence-corrected chi connectivity index (χ2v) is 11.6. The van der Waals surface area contributed by atoms with Crippen LogP contribution in [0.2, 0.25) is 10.0 Å². The fraction of sp³-hybridized carbons (Fsp3) is 0.310. The van der Waals surface area contributed by atoms with Gasteiger partial charge >= 0.3 is 5.97 Å². The third-order valence-corrected chi connectivity index (χ3v) is 8.26. The van der Waals surface area contributed by atoms with Gasteiger partial charge in [0.2, 0.25) is 10.9 Å². The molecule has 0 spiro atoms. The van der Waals surface area contributed by atoms with Crippen molar-refractivity contribution in [3.05, 3.63) is 105 Å². The summed E-state index contributed by atoms with van der Waals surface area (Å²) < 4.78 is 46.4. The second-order valence-electron chi connectivity index (χ2n) is 9.68. The molecule has 1 fully saturated rings.